The number of H-pyrrole nitrogens is 2. The lowest BCUT2D eigenvalue weighted by Crippen LogP contribution is -2.21. The van der Waals surface area contributed by atoms with Crippen LogP contribution in [0.3, 0.4) is 0 Å². The van der Waals surface area contributed by atoms with Crippen LogP contribution in [0.15, 0.2) is 96.2 Å². The van der Waals surface area contributed by atoms with E-state index in [0.29, 0.717) is 6.54 Å². The first-order chi connectivity index (χ1) is 19.2. The molecule has 6 aromatic rings. The Hall–Kier alpha value is -5.03. The lowest BCUT2D eigenvalue weighted by Gasteiger charge is -2.07. The number of rotatable bonds is 5. The monoisotopic (exact) mass is 547 g/mol. The largest absolute Gasteiger partial charge is 0.490 e. The van der Waals surface area contributed by atoms with Gasteiger partial charge in [-0.25, -0.2) is 9.59 Å². The normalized spacial score (nSPS) is 11.5. The second-order valence-corrected chi connectivity index (χ2v) is 9.05. The lowest BCUT2D eigenvalue weighted by atomic mass is 10.1. The van der Waals surface area contributed by atoms with E-state index in [-0.39, 0.29) is 5.69 Å². The van der Waals surface area contributed by atoms with Crippen LogP contribution in [0, 0.1) is 0 Å². The van der Waals surface area contributed by atoms with Crippen molar-refractivity contribution in [3.05, 3.63) is 113 Å². The summed E-state index contributed by atoms with van der Waals surface area (Å²) in [5, 5.41) is 9.22. The van der Waals surface area contributed by atoms with E-state index in [0.717, 1.165) is 50.9 Å². The predicted octanol–water partition coefficient (Wildman–Crippen LogP) is 5.41. The summed E-state index contributed by atoms with van der Waals surface area (Å²) in [6, 6.07) is 24.7. The maximum Gasteiger partial charge on any atom is 0.490 e. The van der Waals surface area contributed by atoms with E-state index in [4.69, 9.17) is 15.6 Å². The Kier molecular flexibility index (Phi) is 7.05. The van der Waals surface area contributed by atoms with Crippen molar-refractivity contribution in [1.29, 1.82) is 0 Å². The zero-order valence-corrected chi connectivity index (χ0v) is 20.9. The molecule has 0 aliphatic carbocycles. The van der Waals surface area contributed by atoms with Crippen LogP contribution in [0.25, 0.3) is 38.8 Å². The Morgan fingerprint density at radius 2 is 1.57 bits per heavy atom. The van der Waals surface area contributed by atoms with Gasteiger partial charge in [-0.3, -0.25) is 4.57 Å². The van der Waals surface area contributed by atoms with Crippen molar-refractivity contribution in [2.24, 2.45) is 5.73 Å². The highest BCUT2D eigenvalue weighted by Gasteiger charge is 2.38. The second kappa shape index (κ2) is 10.6. The smallest absolute Gasteiger partial charge is 0.475 e. The summed E-state index contributed by atoms with van der Waals surface area (Å²) in [4.78, 5) is 28.0. The van der Waals surface area contributed by atoms with Crippen LogP contribution in [0.4, 0.5) is 13.2 Å². The van der Waals surface area contributed by atoms with Crippen molar-refractivity contribution >= 4 is 27.8 Å². The van der Waals surface area contributed by atoms with E-state index < -0.39 is 12.1 Å². The van der Waals surface area contributed by atoms with Crippen molar-refractivity contribution in [3.63, 3.8) is 0 Å². The molecule has 0 saturated carbocycles. The lowest BCUT2D eigenvalue weighted by molar-refractivity contribution is -0.192. The average molecular weight is 548 g/mol. The van der Waals surface area contributed by atoms with Gasteiger partial charge in [-0.05, 0) is 23.3 Å². The van der Waals surface area contributed by atoms with Crippen LogP contribution in [0.2, 0.25) is 0 Å². The van der Waals surface area contributed by atoms with E-state index in [9.17, 15) is 18.0 Å². The Balaban J connectivity index is 0.000000411. The molecule has 0 saturated heterocycles. The summed E-state index contributed by atoms with van der Waals surface area (Å²) < 4.78 is 35.7. The number of aromatic amines is 2. The van der Waals surface area contributed by atoms with Crippen LogP contribution >= 0.6 is 0 Å². The van der Waals surface area contributed by atoms with Crippen LogP contribution in [0.1, 0.15) is 11.1 Å². The molecule has 6 rings (SSSR count). The molecule has 0 bridgehead atoms. The maximum absolute atomic E-state index is 12.9. The molecular weight excluding hydrogens is 523 g/mol. The standard InChI is InChI=1S/C27H23N5O.C2HF3O2/c28-13-18-6-5-7-19(12-18)16-31-17-22(20-8-2-4-11-24(20)31)26-15-30-27(33)32(26)25-14-29-23-10-3-1-9-21(23)25;3-2(4,5)1(6)7/h1-12,14-15,17,29H,13,16,28H2,(H,30,33);(H,6,7). The first kappa shape index (κ1) is 26.6. The number of carbonyl (C=O) groups is 1. The molecule has 0 amide bonds. The number of aliphatic carboxylic acids is 1. The molecule has 40 heavy (non-hydrogen) atoms. The number of fused-ring (bicyclic) bond motifs is 2. The van der Waals surface area contributed by atoms with Gasteiger partial charge in [0, 0.05) is 59.0 Å². The number of halogens is 3. The number of hydrogen-bond acceptors (Lipinski definition) is 3. The van der Waals surface area contributed by atoms with Gasteiger partial charge in [0.1, 0.15) is 0 Å². The van der Waals surface area contributed by atoms with Crippen molar-refractivity contribution < 1.29 is 23.1 Å². The van der Waals surface area contributed by atoms with E-state index in [1.807, 2.05) is 54.7 Å². The first-order valence-electron chi connectivity index (χ1n) is 12.2. The SMILES string of the molecule is NCc1cccc(Cn2cc(-c3c[nH]c(=O)n3-c3c[nH]c4ccccc34)c3ccccc32)c1.O=C(O)C(F)(F)F. The number of carboxylic acid groups (broad SMARTS) is 1. The highest BCUT2D eigenvalue weighted by molar-refractivity contribution is 5.96. The Morgan fingerprint density at radius 3 is 2.30 bits per heavy atom. The molecule has 0 atom stereocenters. The molecule has 0 unspecified atom stereocenters. The van der Waals surface area contributed by atoms with Gasteiger partial charge in [0.25, 0.3) is 0 Å². The minimum atomic E-state index is -5.08. The predicted molar refractivity (Wildman–Crippen MR) is 146 cm³/mol. The molecule has 11 heteroatoms. The minimum Gasteiger partial charge on any atom is -0.475 e. The van der Waals surface area contributed by atoms with Crippen LogP contribution in [-0.4, -0.2) is 36.4 Å². The quantitative estimate of drug-likeness (QED) is 0.231. The Morgan fingerprint density at radius 1 is 0.900 bits per heavy atom. The number of aromatic nitrogens is 4. The molecule has 0 radical (unpaired) electrons. The van der Waals surface area contributed by atoms with Gasteiger partial charge in [0.05, 0.1) is 11.4 Å². The summed E-state index contributed by atoms with van der Waals surface area (Å²) in [5.74, 6) is -2.76. The van der Waals surface area contributed by atoms with E-state index >= 15 is 0 Å². The molecular formula is C29H24F3N5O3. The van der Waals surface area contributed by atoms with E-state index in [1.54, 1.807) is 10.8 Å². The summed E-state index contributed by atoms with van der Waals surface area (Å²) in [6.07, 6.45) is 0.736. The van der Waals surface area contributed by atoms with Gasteiger partial charge in [-0.15, -0.1) is 0 Å². The third-order valence-corrected chi connectivity index (χ3v) is 6.47. The van der Waals surface area contributed by atoms with Crippen LogP contribution in [0.5, 0.6) is 0 Å². The fourth-order valence-electron chi connectivity index (χ4n) is 4.68. The molecule has 0 aliphatic heterocycles. The van der Waals surface area contributed by atoms with Gasteiger partial charge in [0.15, 0.2) is 0 Å². The minimum absolute atomic E-state index is 0.165. The molecule has 0 spiro atoms. The summed E-state index contributed by atoms with van der Waals surface area (Å²) in [5.41, 5.74) is 12.8. The maximum atomic E-state index is 12.9. The summed E-state index contributed by atoms with van der Waals surface area (Å²) in [7, 11) is 0. The fraction of sp³-hybridized carbons (Fsp3) is 0.103. The zero-order valence-electron chi connectivity index (χ0n) is 20.9. The summed E-state index contributed by atoms with van der Waals surface area (Å²) in [6.45, 7) is 1.24. The van der Waals surface area contributed by atoms with Gasteiger partial charge < -0.3 is 25.4 Å². The van der Waals surface area contributed by atoms with E-state index in [2.05, 4.69) is 45.0 Å². The Bertz CT molecular complexity index is 1880. The highest BCUT2D eigenvalue weighted by Crippen LogP contribution is 2.33. The van der Waals surface area contributed by atoms with Crippen molar-refractivity contribution in [1.82, 2.24) is 19.1 Å². The Labute approximate surface area is 225 Å². The second-order valence-electron chi connectivity index (χ2n) is 9.05. The van der Waals surface area contributed by atoms with Gasteiger partial charge in [-0.1, -0.05) is 60.7 Å². The topological polar surface area (TPSA) is 122 Å². The number of hydrogen-bond donors (Lipinski definition) is 4. The molecule has 3 aromatic heterocycles. The number of nitrogens with zero attached hydrogens (tertiary/aromatic N) is 2. The fourth-order valence-corrected chi connectivity index (χ4v) is 4.68. The zero-order chi connectivity index (χ0) is 28.4. The highest BCUT2D eigenvalue weighted by atomic mass is 19.4. The van der Waals surface area contributed by atoms with Crippen molar-refractivity contribution in [2.75, 3.05) is 0 Å². The van der Waals surface area contributed by atoms with Crippen molar-refractivity contribution in [3.8, 4) is 16.9 Å². The first-order valence-corrected chi connectivity index (χ1v) is 12.2. The van der Waals surface area contributed by atoms with Gasteiger partial charge >= 0.3 is 17.8 Å². The van der Waals surface area contributed by atoms with Gasteiger partial charge in [-0.2, -0.15) is 13.2 Å². The van der Waals surface area contributed by atoms with E-state index in [1.165, 1.54) is 5.56 Å². The van der Waals surface area contributed by atoms with Gasteiger partial charge in [0.2, 0.25) is 0 Å². The number of imidazole rings is 1. The number of alkyl halides is 3. The van der Waals surface area contributed by atoms with Crippen LogP contribution in [-0.2, 0) is 17.9 Å². The van der Waals surface area contributed by atoms with Crippen LogP contribution < -0.4 is 11.4 Å². The number of benzene rings is 3. The molecule has 3 heterocycles. The number of nitrogens with two attached hydrogens (primary N) is 1. The van der Waals surface area contributed by atoms with Crippen molar-refractivity contribution in [2.45, 2.75) is 19.3 Å². The molecule has 0 fully saturated rings. The number of nitrogens with one attached hydrogen (secondary N) is 2. The molecule has 8 nitrogen and oxygen atoms in total. The molecule has 0 aliphatic rings. The number of carboxylic acids is 1. The third-order valence-electron chi connectivity index (χ3n) is 6.47. The third kappa shape index (κ3) is 5.14. The molecule has 5 N–H and O–H groups in total. The number of para-hydroxylation sites is 2. The molecule has 204 valence electrons. The summed E-state index contributed by atoms with van der Waals surface area (Å²) >= 11 is 0. The molecule has 3 aromatic carbocycles. The average Bonchev–Trinajstić information content (AvgIpc) is 3.63.